The molecule has 3 aromatic rings. The Morgan fingerprint density at radius 1 is 0.840 bits per heavy atom. The van der Waals surface area contributed by atoms with Crippen LogP contribution in [0.5, 0.6) is 0 Å². The molecule has 1 aromatic heterocycles. The molecule has 3 heteroatoms. The summed E-state index contributed by atoms with van der Waals surface area (Å²) in [6.45, 7) is 3.38. The zero-order chi connectivity index (χ0) is 16.9. The number of hydrogen-bond acceptors (Lipinski definition) is 2. The van der Waals surface area contributed by atoms with Gasteiger partial charge >= 0.3 is 0 Å². The minimum Gasteiger partial charge on any atom is -0.299 e. The predicted octanol–water partition coefficient (Wildman–Crippen LogP) is 4.33. The highest BCUT2D eigenvalue weighted by molar-refractivity contribution is 5.30. The average molecular weight is 331 g/mol. The maximum atomic E-state index is 4.51. The molecular formula is C22H25N3. The number of hydrogen-bond donors (Lipinski definition) is 0. The molecule has 4 rings (SSSR count). The van der Waals surface area contributed by atoms with Crippen LogP contribution in [-0.4, -0.2) is 27.8 Å². The maximum absolute atomic E-state index is 4.51. The lowest BCUT2D eigenvalue weighted by Gasteiger charge is -2.31. The number of likely N-dealkylation sites (tertiary alicyclic amines) is 1. The summed E-state index contributed by atoms with van der Waals surface area (Å²) in [5.74, 6) is 0.825. The molecule has 0 amide bonds. The van der Waals surface area contributed by atoms with E-state index in [2.05, 4.69) is 58.7 Å². The lowest BCUT2D eigenvalue weighted by Crippen LogP contribution is -2.33. The van der Waals surface area contributed by atoms with Gasteiger partial charge < -0.3 is 0 Å². The van der Waals surface area contributed by atoms with Crippen LogP contribution in [0.15, 0.2) is 73.1 Å². The van der Waals surface area contributed by atoms with E-state index in [0.717, 1.165) is 18.2 Å². The molecule has 25 heavy (non-hydrogen) atoms. The van der Waals surface area contributed by atoms with Gasteiger partial charge in [-0.2, -0.15) is 5.10 Å². The van der Waals surface area contributed by atoms with Gasteiger partial charge in [-0.1, -0.05) is 48.5 Å². The molecule has 0 spiro atoms. The van der Waals surface area contributed by atoms with Crippen molar-refractivity contribution in [1.82, 2.24) is 14.7 Å². The molecule has 0 N–H and O–H groups in total. The van der Waals surface area contributed by atoms with Crippen molar-refractivity contribution >= 4 is 0 Å². The van der Waals surface area contributed by atoms with Crippen LogP contribution < -0.4 is 0 Å². The Labute approximate surface area is 149 Å². The Morgan fingerprint density at radius 2 is 1.52 bits per heavy atom. The van der Waals surface area contributed by atoms with Gasteiger partial charge in [0.1, 0.15) is 0 Å². The Bertz CT molecular complexity index is 771. The van der Waals surface area contributed by atoms with Crippen LogP contribution in [-0.2, 0) is 13.0 Å². The molecule has 1 aliphatic rings. The Morgan fingerprint density at radius 3 is 2.24 bits per heavy atom. The Balaban J connectivity index is 1.30. The fourth-order valence-electron chi connectivity index (χ4n) is 3.72. The number of piperidine rings is 1. The van der Waals surface area contributed by atoms with E-state index in [1.807, 2.05) is 29.1 Å². The number of benzene rings is 2. The van der Waals surface area contributed by atoms with E-state index in [1.165, 1.54) is 43.5 Å². The predicted molar refractivity (Wildman–Crippen MR) is 102 cm³/mol. The molecule has 0 aliphatic carbocycles. The monoisotopic (exact) mass is 331 g/mol. The van der Waals surface area contributed by atoms with Crippen LogP contribution in [0.3, 0.4) is 0 Å². The summed E-state index contributed by atoms with van der Waals surface area (Å²) in [6, 6.07) is 21.2. The molecule has 1 aliphatic heterocycles. The van der Waals surface area contributed by atoms with E-state index >= 15 is 0 Å². The maximum Gasteiger partial charge on any atom is 0.0645 e. The van der Waals surface area contributed by atoms with Crippen LogP contribution in [0.4, 0.5) is 0 Å². The van der Waals surface area contributed by atoms with Crippen LogP contribution in [0.1, 0.15) is 24.0 Å². The normalized spacial score (nSPS) is 16.2. The van der Waals surface area contributed by atoms with Crippen molar-refractivity contribution in [3.8, 4) is 5.69 Å². The lowest BCUT2D eigenvalue weighted by atomic mass is 9.90. The van der Waals surface area contributed by atoms with Crippen LogP contribution in [0, 0.1) is 5.92 Å². The van der Waals surface area contributed by atoms with Gasteiger partial charge in [-0.25, -0.2) is 4.68 Å². The molecule has 0 unspecified atom stereocenters. The van der Waals surface area contributed by atoms with E-state index in [4.69, 9.17) is 0 Å². The first-order valence-corrected chi connectivity index (χ1v) is 9.22. The van der Waals surface area contributed by atoms with Gasteiger partial charge in [0.2, 0.25) is 0 Å². The van der Waals surface area contributed by atoms with E-state index in [9.17, 15) is 0 Å². The molecule has 1 saturated heterocycles. The molecule has 0 atom stereocenters. The van der Waals surface area contributed by atoms with Crippen molar-refractivity contribution in [3.63, 3.8) is 0 Å². The zero-order valence-corrected chi connectivity index (χ0v) is 14.6. The minimum atomic E-state index is 0.825. The van der Waals surface area contributed by atoms with Gasteiger partial charge in [0, 0.05) is 18.3 Å². The van der Waals surface area contributed by atoms with Crippen LogP contribution in [0.25, 0.3) is 5.69 Å². The van der Waals surface area contributed by atoms with E-state index < -0.39 is 0 Å². The molecule has 2 aromatic carbocycles. The molecule has 1 fully saturated rings. The first-order valence-electron chi connectivity index (χ1n) is 9.22. The second-order valence-electron chi connectivity index (χ2n) is 7.04. The van der Waals surface area contributed by atoms with Crippen molar-refractivity contribution in [2.75, 3.05) is 13.1 Å². The summed E-state index contributed by atoms with van der Waals surface area (Å²) in [7, 11) is 0. The second kappa shape index (κ2) is 7.66. The molecule has 0 radical (unpaired) electrons. The van der Waals surface area contributed by atoms with E-state index in [-0.39, 0.29) is 0 Å². The first kappa shape index (κ1) is 16.1. The van der Waals surface area contributed by atoms with Gasteiger partial charge in [-0.3, -0.25) is 4.90 Å². The smallest absolute Gasteiger partial charge is 0.0645 e. The van der Waals surface area contributed by atoms with E-state index in [0.29, 0.717) is 0 Å². The summed E-state index contributed by atoms with van der Waals surface area (Å²) >= 11 is 0. The third-order valence-electron chi connectivity index (χ3n) is 5.14. The number of rotatable bonds is 5. The third-order valence-corrected chi connectivity index (χ3v) is 5.14. The molecule has 2 heterocycles. The fourth-order valence-corrected chi connectivity index (χ4v) is 3.72. The molecule has 128 valence electrons. The molecule has 3 nitrogen and oxygen atoms in total. The van der Waals surface area contributed by atoms with Crippen LogP contribution >= 0.6 is 0 Å². The lowest BCUT2D eigenvalue weighted by molar-refractivity contribution is 0.177. The quantitative estimate of drug-likeness (QED) is 0.694. The number of nitrogens with zero attached hydrogens (tertiary/aromatic N) is 3. The topological polar surface area (TPSA) is 21.1 Å². The highest BCUT2D eigenvalue weighted by Gasteiger charge is 2.19. The summed E-state index contributed by atoms with van der Waals surface area (Å²) in [5, 5.41) is 4.51. The van der Waals surface area contributed by atoms with Gasteiger partial charge in [0.15, 0.2) is 0 Å². The fraction of sp³-hybridized carbons (Fsp3) is 0.318. The van der Waals surface area contributed by atoms with Crippen molar-refractivity contribution in [3.05, 3.63) is 84.2 Å². The molecular weight excluding hydrogens is 306 g/mol. The third kappa shape index (κ3) is 4.18. The highest BCUT2D eigenvalue weighted by atomic mass is 15.3. The Kier molecular flexibility index (Phi) is 4.93. The van der Waals surface area contributed by atoms with Gasteiger partial charge in [0.25, 0.3) is 0 Å². The van der Waals surface area contributed by atoms with Crippen molar-refractivity contribution < 1.29 is 0 Å². The van der Waals surface area contributed by atoms with Crippen molar-refractivity contribution in [2.24, 2.45) is 5.92 Å². The molecule has 0 saturated carbocycles. The number of para-hydroxylation sites is 1. The first-order chi connectivity index (χ1) is 12.4. The van der Waals surface area contributed by atoms with Crippen LogP contribution in [0.2, 0.25) is 0 Å². The van der Waals surface area contributed by atoms with E-state index in [1.54, 1.807) is 0 Å². The largest absolute Gasteiger partial charge is 0.299 e. The van der Waals surface area contributed by atoms with Crippen molar-refractivity contribution in [2.45, 2.75) is 25.8 Å². The summed E-state index contributed by atoms with van der Waals surface area (Å²) in [4.78, 5) is 2.56. The zero-order valence-electron chi connectivity index (χ0n) is 14.6. The SMILES string of the molecule is c1ccc(CC2CCN(Cc3cnn(-c4ccccc4)c3)CC2)cc1. The standard InChI is InChI=1S/C22H25N3/c1-3-7-19(8-4-1)15-20-11-13-24(14-12-20)17-21-16-23-25(18-21)22-9-5-2-6-10-22/h1-10,16,18,20H,11-15,17H2. The highest BCUT2D eigenvalue weighted by Crippen LogP contribution is 2.23. The number of aromatic nitrogens is 2. The second-order valence-corrected chi connectivity index (χ2v) is 7.04. The summed E-state index contributed by atoms with van der Waals surface area (Å²) in [6.07, 6.45) is 7.97. The summed E-state index contributed by atoms with van der Waals surface area (Å²) < 4.78 is 1.97. The summed E-state index contributed by atoms with van der Waals surface area (Å²) in [5.41, 5.74) is 3.89. The minimum absolute atomic E-state index is 0.825. The van der Waals surface area contributed by atoms with Gasteiger partial charge in [-0.05, 0) is 56.0 Å². The Hall–Kier alpha value is -2.39. The molecule has 0 bridgehead atoms. The average Bonchev–Trinajstić information content (AvgIpc) is 3.14. The van der Waals surface area contributed by atoms with Gasteiger partial charge in [0.05, 0.1) is 11.9 Å². The van der Waals surface area contributed by atoms with Gasteiger partial charge in [-0.15, -0.1) is 0 Å². The van der Waals surface area contributed by atoms with Crippen molar-refractivity contribution in [1.29, 1.82) is 0 Å².